The molecule has 224 valence electrons. The van der Waals surface area contributed by atoms with Gasteiger partial charge < -0.3 is 19.6 Å². The van der Waals surface area contributed by atoms with Gasteiger partial charge >= 0.3 is 5.97 Å². The van der Waals surface area contributed by atoms with E-state index in [4.69, 9.17) is 16.3 Å². The lowest BCUT2D eigenvalue weighted by molar-refractivity contribution is -0.155. The van der Waals surface area contributed by atoms with E-state index < -0.39 is 28.7 Å². The largest absolute Gasteiger partial charge is 0.465 e. The molecule has 9 heteroatoms. The number of thioether (sulfide) groups is 1. The summed E-state index contributed by atoms with van der Waals surface area (Å²) in [5.74, 6) is -2.27. The van der Waals surface area contributed by atoms with E-state index in [1.165, 1.54) is 0 Å². The van der Waals surface area contributed by atoms with Gasteiger partial charge in [0.2, 0.25) is 5.91 Å². The second-order valence-electron chi connectivity index (χ2n) is 11.6. The molecule has 3 aliphatic rings. The second-order valence-corrected chi connectivity index (χ2v) is 13.5. The number of unbranched alkanes of at least 4 members (excludes halogenated alkanes) is 2. The van der Waals surface area contributed by atoms with Gasteiger partial charge in [-0.2, -0.15) is 0 Å². The number of nitrogens with zero attached hydrogens (tertiary/aromatic N) is 2. The number of fused-ring (bicyclic) bond motifs is 1. The van der Waals surface area contributed by atoms with Crippen LogP contribution in [0, 0.1) is 23.7 Å². The number of halogens is 1. The van der Waals surface area contributed by atoms with Crippen molar-refractivity contribution in [2.24, 2.45) is 23.7 Å². The van der Waals surface area contributed by atoms with Gasteiger partial charge in [-0.15, -0.1) is 24.9 Å². The van der Waals surface area contributed by atoms with Crippen LogP contribution in [0.4, 0.5) is 5.69 Å². The van der Waals surface area contributed by atoms with Gasteiger partial charge in [0, 0.05) is 11.8 Å². The smallest absolute Gasteiger partial charge is 0.310 e. The summed E-state index contributed by atoms with van der Waals surface area (Å²) in [6.45, 7) is 13.9. The van der Waals surface area contributed by atoms with Crippen molar-refractivity contribution in [1.82, 2.24) is 4.90 Å². The fourth-order valence-electron chi connectivity index (χ4n) is 7.09. The molecule has 1 aromatic carbocycles. The first kappa shape index (κ1) is 31.6. The molecule has 1 aromatic rings. The molecule has 0 aliphatic carbocycles. The molecule has 0 saturated carbocycles. The Morgan fingerprint density at radius 3 is 2.66 bits per heavy atom. The van der Waals surface area contributed by atoms with Gasteiger partial charge in [-0.1, -0.05) is 63.1 Å². The van der Waals surface area contributed by atoms with Crippen molar-refractivity contribution in [3.8, 4) is 0 Å². The third-order valence-corrected chi connectivity index (χ3v) is 11.7. The topological polar surface area (TPSA) is 87.1 Å². The van der Waals surface area contributed by atoms with Gasteiger partial charge in [0.1, 0.15) is 6.04 Å². The molecule has 2 bridgehead atoms. The highest BCUT2D eigenvalue weighted by Crippen LogP contribution is 2.69. The maximum Gasteiger partial charge on any atom is 0.310 e. The number of hydrogen-bond acceptors (Lipinski definition) is 6. The van der Waals surface area contributed by atoms with E-state index in [1.807, 2.05) is 26.0 Å². The van der Waals surface area contributed by atoms with Crippen LogP contribution in [0.3, 0.4) is 0 Å². The average molecular weight is 603 g/mol. The van der Waals surface area contributed by atoms with Crippen LogP contribution in [-0.4, -0.2) is 69.6 Å². The number of likely N-dealkylation sites (tertiary alicyclic amines) is 1. The van der Waals surface area contributed by atoms with E-state index in [-0.39, 0.29) is 48.0 Å². The molecule has 7 nitrogen and oxygen atoms in total. The number of benzene rings is 1. The van der Waals surface area contributed by atoms with Crippen LogP contribution in [0.2, 0.25) is 5.02 Å². The Kier molecular flexibility index (Phi) is 10.3. The summed E-state index contributed by atoms with van der Waals surface area (Å²) in [4.78, 5) is 46.1. The number of rotatable bonds is 14. The number of esters is 1. The van der Waals surface area contributed by atoms with Crippen LogP contribution in [0.1, 0.15) is 52.9 Å². The van der Waals surface area contributed by atoms with Crippen molar-refractivity contribution in [2.45, 2.75) is 75.0 Å². The average Bonchev–Trinajstić information content (AvgIpc) is 3.56. The Labute approximate surface area is 253 Å². The molecule has 3 aliphatic heterocycles. The number of allylic oxidation sites excluding steroid dienone is 1. The van der Waals surface area contributed by atoms with Crippen LogP contribution in [0.5, 0.6) is 0 Å². The Morgan fingerprint density at radius 2 is 2.02 bits per heavy atom. The Hall–Kier alpha value is -2.29. The van der Waals surface area contributed by atoms with Crippen LogP contribution in [-0.2, 0) is 19.1 Å². The summed E-state index contributed by atoms with van der Waals surface area (Å²) in [6, 6.07) is 5.69. The summed E-state index contributed by atoms with van der Waals surface area (Å²) in [5, 5.41) is 10.9. The number of para-hydroxylation sites is 1. The van der Waals surface area contributed by atoms with E-state index in [0.29, 0.717) is 23.7 Å². The first-order valence-electron chi connectivity index (χ1n) is 14.7. The fourth-order valence-corrected chi connectivity index (χ4v) is 9.72. The second kappa shape index (κ2) is 13.3. The first-order valence-corrected chi connectivity index (χ1v) is 16.0. The lowest BCUT2D eigenvalue weighted by Crippen LogP contribution is -2.60. The predicted octanol–water partition coefficient (Wildman–Crippen LogP) is 5.50. The van der Waals surface area contributed by atoms with Crippen molar-refractivity contribution >= 4 is 46.8 Å². The molecule has 3 unspecified atom stereocenters. The zero-order chi connectivity index (χ0) is 29.9. The Bertz CT molecular complexity index is 1160. The minimum atomic E-state index is -0.877. The molecule has 0 radical (unpaired) electrons. The highest BCUT2D eigenvalue weighted by Gasteiger charge is 2.77. The highest BCUT2D eigenvalue weighted by atomic mass is 35.5. The van der Waals surface area contributed by atoms with E-state index >= 15 is 0 Å². The van der Waals surface area contributed by atoms with Crippen molar-refractivity contribution in [3.05, 3.63) is 54.6 Å². The number of carbonyl (C=O) groups is 3. The van der Waals surface area contributed by atoms with Gasteiger partial charge in [-0.25, -0.2) is 0 Å². The quantitative estimate of drug-likeness (QED) is 0.172. The van der Waals surface area contributed by atoms with Crippen molar-refractivity contribution in [1.29, 1.82) is 0 Å². The van der Waals surface area contributed by atoms with Crippen molar-refractivity contribution in [3.63, 3.8) is 0 Å². The van der Waals surface area contributed by atoms with Crippen molar-refractivity contribution in [2.75, 3.05) is 24.7 Å². The van der Waals surface area contributed by atoms with Gasteiger partial charge in [0.05, 0.1) is 46.5 Å². The minimum Gasteiger partial charge on any atom is -0.465 e. The summed E-state index contributed by atoms with van der Waals surface area (Å²) in [6.07, 6.45) is 7.37. The minimum absolute atomic E-state index is 0.00450. The molecule has 1 spiro atoms. The zero-order valence-electron chi connectivity index (χ0n) is 24.3. The molecule has 1 N–H and O–H groups in total. The lowest BCUT2D eigenvalue weighted by Gasteiger charge is -2.43. The molecule has 0 aromatic heterocycles. The molecular formula is C32H43ClN2O5S. The van der Waals surface area contributed by atoms with E-state index in [2.05, 4.69) is 20.1 Å². The van der Waals surface area contributed by atoms with E-state index in [0.717, 1.165) is 25.7 Å². The molecule has 4 rings (SSSR count). The van der Waals surface area contributed by atoms with E-state index in [1.54, 1.807) is 45.8 Å². The number of ether oxygens (including phenoxy) is 1. The number of aliphatic hydroxyl groups is 1. The summed E-state index contributed by atoms with van der Waals surface area (Å²) < 4.78 is 4.91. The number of aliphatic hydroxyl groups excluding tert-OH is 1. The Balaban J connectivity index is 1.78. The molecule has 41 heavy (non-hydrogen) atoms. The fraction of sp³-hybridized carbons (Fsp3) is 0.594. The van der Waals surface area contributed by atoms with Gasteiger partial charge in [0.25, 0.3) is 5.91 Å². The number of amides is 2. The third-order valence-electron chi connectivity index (χ3n) is 9.30. The Morgan fingerprint density at radius 1 is 1.29 bits per heavy atom. The third kappa shape index (κ3) is 5.48. The molecule has 2 amide bonds. The standard InChI is InChI=1S/C32H43ClN2O5S/c1-6-9-10-13-17-40-31(39)26-25-18-21(5)32(41-25)27(26)29(37)35(24(19-36)20(4)8-3)28(32)30(38)34(16-7-2)23-15-12-11-14-22(23)33/h6-7,11-12,14-15,20-21,24-28,36H,1-2,8-10,13,16-19H2,3-5H3/t20-,21?,24-,25+,26-,27-,28?,32?/m0/s1. The summed E-state index contributed by atoms with van der Waals surface area (Å²) in [7, 11) is 0. The molecule has 3 heterocycles. The van der Waals surface area contributed by atoms with Crippen LogP contribution < -0.4 is 4.90 Å². The predicted molar refractivity (Wildman–Crippen MR) is 165 cm³/mol. The van der Waals surface area contributed by atoms with Crippen LogP contribution >= 0.6 is 23.4 Å². The maximum atomic E-state index is 14.8. The molecule has 3 saturated heterocycles. The van der Waals surface area contributed by atoms with E-state index in [9.17, 15) is 19.5 Å². The molecular weight excluding hydrogens is 560 g/mol. The van der Waals surface area contributed by atoms with Crippen molar-refractivity contribution < 1.29 is 24.2 Å². The monoisotopic (exact) mass is 602 g/mol. The molecule has 8 atom stereocenters. The molecule has 3 fully saturated rings. The van der Waals surface area contributed by atoms with Crippen LogP contribution in [0.15, 0.2) is 49.6 Å². The van der Waals surface area contributed by atoms with Crippen LogP contribution in [0.25, 0.3) is 0 Å². The number of carbonyl (C=O) groups excluding carboxylic acids is 3. The number of anilines is 1. The van der Waals surface area contributed by atoms with Gasteiger partial charge in [-0.05, 0) is 49.7 Å². The summed E-state index contributed by atoms with van der Waals surface area (Å²) in [5.41, 5.74) is 0.538. The first-order chi connectivity index (χ1) is 19.7. The SMILES string of the molecule is C=CCCCCOC(=O)[C@@H]1[C@H]2C(=O)N([C@@H](CO)[C@@H](C)CC)C(C(=O)N(CC=C)c3ccccc3Cl)C23S[C@@H]1CC3C. The summed E-state index contributed by atoms with van der Waals surface area (Å²) >= 11 is 8.18. The van der Waals surface area contributed by atoms with Gasteiger partial charge in [0.15, 0.2) is 0 Å². The van der Waals surface area contributed by atoms with Gasteiger partial charge in [-0.3, -0.25) is 14.4 Å². The lowest BCUT2D eigenvalue weighted by atomic mass is 9.66. The number of hydrogen-bond donors (Lipinski definition) is 1. The highest BCUT2D eigenvalue weighted by molar-refractivity contribution is 8.02. The maximum absolute atomic E-state index is 14.8. The normalized spacial score (nSPS) is 29.6. The zero-order valence-corrected chi connectivity index (χ0v) is 25.9.